The summed E-state index contributed by atoms with van der Waals surface area (Å²) in [6.07, 6.45) is 0. The Labute approximate surface area is 153 Å². The van der Waals surface area contributed by atoms with Gasteiger partial charge in [-0.05, 0) is 37.1 Å². The van der Waals surface area contributed by atoms with Gasteiger partial charge < -0.3 is 20.1 Å². The summed E-state index contributed by atoms with van der Waals surface area (Å²) in [5, 5.41) is 5.38. The van der Waals surface area contributed by atoms with Crippen molar-refractivity contribution in [3.05, 3.63) is 59.7 Å². The number of para-hydroxylation sites is 2. The van der Waals surface area contributed by atoms with Crippen LogP contribution in [0.4, 0.5) is 0 Å². The van der Waals surface area contributed by atoms with Gasteiger partial charge in [0, 0.05) is 13.1 Å². The third-order valence-electron chi connectivity index (χ3n) is 3.67. The fraction of sp³-hybridized carbons (Fsp3) is 0.300. The van der Waals surface area contributed by atoms with E-state index in [1.807, 2.05) is 62.4 Å². The largest absolute Gasteiger partial charge is 0.484 e. The number of hydrogen-bond donors (Lipinski definition) is 2. The molecule has 0 aliphatic rings. The van der Waals surface area contributed by atoms with Crippen LogP contribution in [0.25, 0.3) is 0 Å². The van der Waals surface area contributed by atoms with Crippen LogP contribution in [0.15, 0.2) is 48.5 Å². The van der Waals surface area contributed by atoms with E-state index in [2.05, 4.69) is 10.6 Å². The lowest BCUT2D eigenvalue weighted by molar-refractivity contribution is -0.124. The highest BCUT2D eigenvalue weighted by atomic mass is 16.5. The second kappa shape index (κ2) is 10.1. The monoisotopic (exact) mass is 356 g/mol. The fourth-order valence-electron chi connectivity index (χ4n) is 2.23. The number of hydrogen-bond acceptors (Lipinski definition) is 4. The lowest BCUT2D eigenvalue weighted by Gasteiger charge is -2.11. The van der Waals surface area contributed by atoms with Crippen LogP contribution in [0.2, 0.25) is 0 Å². The maximum Gasteiger partial charge on any atom is 0.258 e. The standard InChI is InChI=1S/C20H24N2O4/c1-15-7-3-5-9-17(15)25-13-19(23)21-11-12-22-20(24)14-26-18-10-6-4-8-16(18)2/h3-10H,11-14H2,1-2H3,(H,21,23)(H,22,24). The van der Waals surface area contributed by atoms with E-state index >= 15 is 0 Å². The minimum absolute atomic E-state index is 0.0603. The van der Waals surface area contributed by atoms with E-state index in [0.29, 0.717) is 24.6 Å². The zero-order valence-corrected chi connectivity index (χ0v) is 15.1. The molecule has 2 amide bonds. The highest BCUT2D eigenvalue weighted by Gasteiger charge is 2.06. The number of ether oxygens (including phenoxy) is 2. The molecule has 0 aromatic heterocycles. The first kappa shape index (κ1) is 19.3. The Morgan fingerprint density at radius 3 is 1.50 bits per heavy atom. The van der Waals surface area contributed by atoms with Gasteiger partial charge in [-0.25, -0.2) is 0 Å². The van der Waals surface area contributed by atoms with E-state index in [9.17, 15) is 9.59 Å². The number of carbonyl (C=O) groups excluding carboxylic acids is 2. The van der Waals surface area contributed by atoms with Crippen LogP contribution < -0.4 is 20.1 Å². The van der Waals surface area contributed by atoms with E-state index in [1.165, 1.54) is 0 Å². The molecule has 6 heteroatoms. The maximum atomic E-state index is 11.7. The van der Waals surface area contributed by atoms with Gasteiger partial charge in [-0.15, -0.1) is 0 Å². The molecule has 2 rings (SSSR count). The Bertz CT molecular complexity index is 683. The Morgan fingerprint density at radius 1 is 0.731 bits per heavy atom. The highest BCUT2D eigenvalue weighted by Crippen LogP contribution is 2.16. The van der Waals surface area contributed by atoms with E-state index in [0.717, 1.165) is 11.1 Å². The van der Waals surface area contributed by atoms with Crippen LogP contribution in [0.1, 0.15) is 11.1 Å². The maximum absolute atomic E-state index is 11.7. The molecule has 0 radical (unpaired) electrons. The Balaban J connectivity index is 1.58. The lowest BCUT2D eigenvalue weighted by Crippen LogP contribution is -2.38. The van der Waals surface area contributed by atoms with Gasteiger partial charge in [0.15, 0.2) is 13.2 Å². The molecular weight excluding hydrogens is 332 g/mol. The average molecular weight is 356 g/mol. The van der Waals surface area contributed by atoms with E-state index in [4.69, 9.17) is 9.47 Å². The smallest absolute Gasteiger partial charge is 0.258 e. The van der Waals surface area contributed by atoms with Crippen molar-refractivity contribution in [2.45, 2.75) is 13.8 Å². The second-order valence-electron chi connectivity index (χ2n) is 5.81. The zero-order chi connectivity index (χ0) is 18.8. The number of rotatable bonds is 9. The predicted molar refractivity (Wildman–Crippen MR) is 99.4 cm³/mol. The van der Waals surface area contributed by atoms with Gasteiger partial charge in [-0.2, -0.15) is 0 Å². The zero-order valence-electron chi connectivity index (χ0n) is 15.1. The van der Waals surface area contributed by atoms with Gasteiger partial charge in [-0.3, -0.25) is 9.59 Å². The Kier molecular flexibility index (Phi) is 7.49. The highest BCUT2D eigenvalue weighted by molar-refractivity contribution is 5.78. The molecule has 2 aromatic carbocycles. The Morgan fingerprint density at radius 2 is 1.12 bits per heavy atom. The van der Waals surface area contributed by atoms with Gasteiger partial charge in [0.05, 0.1) is 0 Å². The first-order valence-electron chi connectivity index (χ1n) is 8.46. The normalized spacial score (nSPS) is 10.1. The molecule has 0 unspecified atom stereocenters. The Hall–Kier alpha value is -3.02. The topological polar surface area (TPSA) is 76.7 Å². The molecule has 0 heterocycles. The molecule has 138 valence electrons. The number of carbonyl (C=O) groups is 2. The lowest BCUT2D eigenvalue weighted by atomic mass is 10.2. The molecule has 0 bridgehead atoms. The molecule has 0 saturated carbocycles. The second-order valence-corrected chi connectivity index (χ2v) is 5.81. The summed E-state index contributed by atoms with van der Waals surface area (Å²) in [6.45, 7) is 4.37. The summed E-state index contributed by atoms with van der Waals surface area (Å²) in [7, 11) is 0. The minimum Gasteiger partial charge on any atom is -0.484 e. The number of nitrogens with one attached hydrogen (secondary N) is 2. The van der Waals surface area contributed by atoms with Crippen LogP contribution in [0.5, 0.6) is 11.5 Å². The molecule has 0 spiro atoms. The SMILES string of the molecule is Cc1ccccc1OCC(=O)NCCNC(=O)COc1ccccc1C. The van der Waals surface area contributed by atoms with Crippen molar-refractivity contribution in [2.24, 2.45) is 0 Å². The third-order valence-corrected chi connectivity index (χ3v) is 3.67. The van der Waals surface area contributed by atoms with Crippen molar-refractivity contribution in [1.29, 1.82) is 0 Å². The molecule has 0 atom stereocenters. The molecule has 6 nitrogen and oxygen atoms in total. The quantitative estimate of drug-likeness (QED) is 0.674. The number of aryl methyl sites for hydroxylation is 2. The first-order valence-corrected chi connectivity index (χ1v) is 8.46. The van der Waals surface area contributed by atoms with E-state index in [-0.39, 0.29) is 25.0 Å². The summed E-state index contributed by atoms with van der Waals surface area (Å²) in [6, 6.07) is 15.0. The molecule has 0 aliphatic carbocycles. The summed E-state index contributed by atoms with van der Waals surface area (Å²) >= 11 is 0. The molecular formula is C20H24N2O4. The van der Waals surface area contributed by atoms with Gasteiger partial charge in [-0.1, -0.05) is 36.4 Å². The van der Waals surface area contributed by atoms with Crippen molar-refractivity contribution in [3.8, 4) is 11.5 Å². The van der Waals surface area contributed by atoms with Crippen LogP contribution >= 0.6 is 0 Å². The summed E-state index contributed by atoms with van der Waals surface area (Å²) < 4.78 is 10.9. The van der Waals surface area contributed by atoms with Crippen LogP contribution in [-0.4, -0.2) is 38.1 Å². The molecule has 0 aliphatic heterocycles. The van der Waals surface area contributed by atoms with Crippen molar-refractivity contribution in [1.82, 2.24) is 10.6 Å². The predicted octanol–water partition coefficient (Wildman–Crippen LogP) is 1.99. The first-order chi connectivity index (χ1) is 12.6. The van der Waals surface area contributed by atoms with Crippen LogP contribution in [-0.2, 0) is 9.59 Å². The average Bonchev–Trinajstić information content (AvgIpc) is 2.64. The summed E-state index contributed by atoms with van der Waals surface area (Å²) in [5.41, 5.74) is 1.95. The number of amides is 2. The fourth-order valence-corrected chi connectivity index (χ4v) is 2.23. The van der Waals surface area contributed by atoms with Crippen LogP contribution in [0.3, 0.4) is 0 Å². The summed E-state index contributed by atoms with van der Waals surface area (Å²) in [5.74, 6) is 0.894. The van der Waals surface area contributed by atoms with Gasteiger partial charge in [0.1, 0.15) is 11.5 Å². The molecule has 26 heavy (non-hydrogen) atoms. The third kappa shape index (κ3) is 6.47. The van der Waals surface area contributed by atoms with Crippen molar-refractivity contribution in [3.63, 3.8) is 0 Å². The van der Waals surface area contributed by atoms with Gasteiger partial charge in [0.2, 0.25) is 0 Å². The van der Waals surface area contributed by atoms with Gasteiger partial charge >= 0.3 is 0 Å². The number of benzene rings is 2. The van der Waals surface area contributed by atoms with Crippen molar-refractivity contribution < 1.29 is 19.1 Å². The molecule has 0 saturated heterocycles. The minimum atomic E-state index is -0.237. The summed E-state index contributed by atoms with van der Waals surface area (Å²) in [4.78, 5) is 23.5. The van der Waals surface area contributed by atoms with E-state index < -0.39 is 0 Å². The van der Waals surface area contributed by atoms with E-state index in [1.54, 1.807) is 0 Å². The van der Waals surface area contributed by atoms with Crippen molar-refractivity contribution in [2.75, 3.05) is 26.3 Å². The van der Waals surface area contributed by atoms with Crippen LogP contribution in [0, 0.1) is 13.8 Å². The van der Waals surface area contributed by atoms with Gasteiger partial charge in [0.25, 0.3) is 11.8 Å². The molecule has 2 N–H and O–H groups in total. The van der Waals surface area contributed by atoms with Crippen molar-refractivity contribution >= 4 is 11.8 Å². The molecule has 0 fully saturated rings. The molecule has 2 aromatic rings.